The van der Waals surface area contributed by atoms with Gasteiger partial charge in [0.05, 0.1) is 0 Å². The lowest BCUT2D eigenvalue weighted by molar-refractivity contribution is -0.123. The number of carbonyl (C=O) groups is 1. The lowest BCUT2D eigenvalue weighted by Gasteiger charge is -2.20. The molecule has 1 nitrogen and oxygen atoms in total. The van der Waals surface area contributed by atoms with Gasteiger partial charge in [-0.2, -0.15) is 0 Å². The molecule has 86 valence electrons. The maximum absolute atomic E-state index is 12.0. The van der Waals surface area contributed by atoms with Gasteiger partial charge in [-0.15, -0.1) is 0 Å². The Labute approximate surface area is 105 Å². The number of hydrogen-bond acceptors (Lipinski definition) is 1. The molecule has 0 atom stereocenters. The van der Waals surface area contributed by atoms with Crippen molar-refractivity contribution in [2.45, 2.75) is 38.5 Å². The second-order valence-corrected chi connectivity index (χ2v) is 5.52. The van der Waals surface area contributed by atoms with Crippen LogP contribution >= 0.6 is 15.9 Å². The zero-order valence-electron chi connectivity index (χ0n) is 9.42. The van der Waals surface area contributed by atoms with E-state index in [2.05, 4.69) is 15.9 Å². The van der Waals surface area contributed by atoms with Crippen LogP contribution in [0.25, 0.3) is 0 Å². The Morgan fingerprint density at radius 2 is 1.75 bits per heavy atom. The zero-order valence-corrected chi connectivity index (χ0v) is 11.0. The first-order chi connectivity index (χ1) is 7.75. The average molecular weight is 281 g/mol. The van der Waals surface area contributed by atoms with E-state index in [0.717, 1.165) is 22.9 Å². The van der Waals surface area contributed by atoms with Crippen LogP contribution in [0.1, 0.15) is 37.7 Å². The maximum atomic E-state index is 12.0. The van der Waals surface area contributed by atoms with Gasteiger partial charge in [0, 0.05) is 16.8 Å². The second-order valence-electron chi connectivity index (χ2n) is 4.60. The van der Waals surface area contributed by atoms with Gasteiger partial charge in [0.15, 0.2) is 0 Å². The Bertz CT molecular complexity index is 350. The summed E-state index contributed by atoms with van der Waals surface area (Å²) in [4.78, 5) is 12.0. The molecule has 1 aromatic rings. The number of benzene rings is 1. The van der Waals surface area contributed by atoms with Gasteiger partial charge in [-0.1, -0.05) is 47.3 Å². The summed E-state index contributed by atoms with van der Waals surface area (Å²) in [6.45, 7) is 0. The first kappa shape index (κ1) is 11.8. The topological polar surface area (TPSA) is 17.1 Å². The highest BCUT2D eigenvalue weighted by Gasteiger charge is 2.20. The molecular formula is C14H17BrO. The molecule has 1 aliphatic rings. The van der Waals surface area contributed by atoms with Crippen molar-refractivity contribution in [1.29, 1.82) is 0 Å². The van der Waals surface area contributed by atoms with Gasteiger partial charge >= 0.3 is 0 Å². The third kappa shape index (κ3) is 3.18. The molecule has 0 heterocycles. The first-order valence-corrected chi connectivity index (χ1v) is 6.82. The van der Waals surface area contributed by atoms with Gasteiger partial charge in [-0.05, 0) is 30.5 Å². The summed E-state index contributed by atoms with van der Waals surface area (Å²) in [5.41, 5.74) is 1.14. The molecule has 16 heavy (non-hydrogen) atoms. The van der Waals surface area contributed by atoms with Crippen LogP contribution < -0.4 is 0 Å². The van der Waals surface area contributed by atoms with Crippen molar-refractivity contribution in [3.63, 3.8) is 0 Å². The van der Waals surface area contributed by atoms with Gasteiger partial charge in [-0.3, -0.25) is 4.79 Å². The van der Waals surface area contributed by atoms with Crippen molar-refractivity contribution in [3.8, 4) is 0 Å². The Hall–Kier alpha value is -0.630. The van der Waals surface area contributed by atoms with Crippen molar-refractivity contribution >= 4 is 21.7 Å². The molecule has 1 aliphatic carbocycles. The van der Waals surface area contributed by atoms with Crippen LogP contribution in [-0.2, 0) is 11.2 Å². The minimum absolute atomic E-state index is 0.331. The van der Waals surface area contributed by atoms with Crippen molar-refractivity contribution in [2.75, 3.05) is 0 Å². The fourth-order valence-electron chi connectivity index (χ4n) is 2.37. The molecule has 1 fully saturated rings. The maximum Gasteiger partial charge on any atom is 0.140 e. The van der Waals surface area contributed by atoms with E-state index in [9.17, 15) is 4.79 Å². The largest absolute Gasteiger partial charge is 0.299 e. The van der Waals surface area contributed by atoms with Gasteiger partial charge in [0.1, 0.15) is 5.78 Å². The summed E-state index contributed by atoms with van der Waals surface area (Å²) in [5.74, 6) is 0.763. The number of rotatable bonds is 3. The standard InChI is InChI=1S/C14H17BrO/c15-13-8-6-11(7-9-13)10-14(16)12-4-2-1-3-5-12/h6-9,12H,1-5,10H2. The third-order valence-electron chi connectivity index (χ3n) is 3.35. The fraction of sp³-hybridized carbons (Fsp3) is 0.500. The van der Waals surface area contributed by atoms with E-state index in [1.54, 1.807) is 0 Å². The van der Waals surface area contributed by atoms with E-state index in [4.69, 9.17) is 0 Å². The van der Waals surface area contributed by atoms with Crippen molar-refractivity contribution in [1.82, 2.24) is 0 Å². The molecule has 0 N–H and O–H groups in total. The monoisotopic (exact) mass is 280 g/mol. The number of halogens is 1. The van der Waals surface area contributed by atoms with E-state index < -0.39 is 0 Å². The second kappa shape index (κ2) is 5.62. The molecule has 1 aromatic carbocycles. The molecule has 0 saturated heterocycles. The van der Waals surface area contributed by atoms with Crippen LogP contribution in [0.15, 0.2) is 28.7 Å². The minimum atomic E-state index is 0.331. The number of carbonyl (C=O) groups excluding carboxylic acids is 1. The highest BCUT2D eigenvalue weighted by Crippen LogP contribution is 2.25. The normalized spacial score (nSPS) is 17.3. The Morgan fingerprint density at radius 1 is 1.12 bits per heavy atom. The molecular weight excluding hydrogens is 264 g/mol. The minimum Gasteiger partial charge on any atom is -0.299 e. The smallest absolute Gasteiger partial charge is 0.140 e. The van der Waals surface area contributed by atoms with E-state index >= 15 is 0 Å². The predicted octanol–water partition coefficient (Wildman–Crippen LogP) is 4.14. The predicted molar refractivity (Wildman–Crippen MR) is 69.4 cm³/mol. The first-order valence-electron chi connectivity index (χ1n) is 6.03. The summed E-state index contributed by atoms with van der Waals surface area (Å²) in [5, 5.41) is 0. The molecule has 0 aliphatic heterocycles. The Balaban J connectivity index is 1.93. The van der Waals surface area contributed by atoms with Gasteiger partial charge in [0.25, 0.3) is 0 Å². The summed E-state index contributed by atoms with van der Waals surface area (Å²) in [6, 6.07) is 8.07. The molecule has 0 amide bonds. The van der Waals surface area contributed by atoms with Crippen LogP contribution in [0.3, 0.4) is 0 Å². The summed E-state index contributed by atoms with van der Waals surface area (Å²) in [7, 11) is 0. The molecule has 0 aromatic heterocycles. The third-order valence-corrected chi connectivity index (χ3v) is 3.88. The van der Waals surface area contributed by atoms with Crippen LogP contribution in [0.2, 0.25) is 0 Å². The molecule has 0 radical (unpaired) electrons. The van der Waals surface area contributed by atoms with Crippen molar-refractivity contribution in [3.05, 3.63) is 34.3 Å². The molecule has 2 heteroatoms. The highest BCUT2D eigenvalue weighted by molar-refractivity contribution is 9.10. The molecule has 0 unspecified atom stereocenters. The zero-order chi connectivity index (χ0) is 11.4. The van der Waals surface area contributed by atoms with Crippen LogP contribution in [-0.4, -0.2) is 5.78 Å². The summed E-state index contributed by atoms with van der Waals surface area (Å²) < 4.78 is 1.07. The number of Topliss-reactive ketones (excluding diaryl/α,β-unsaturated/α-hetero) is 1. The number of ketones is 1. The van der Waals surface area contributed by atoms with E-state index in [1.807, 2.05) is 24.3 Å². The van der Waals surface area contributed by atoms with Gasteiger partial charge in [0.2, 0.25) is 0 Å². The molecule has 2 rings (SSSR count). The Kier molecular flexibility index (Phi) is 4.16. The average Bonchev–Trinajstić information content (AvgIpc) is 2.33. The van der Waals surface area contributed by atoms with E-state index in [0.29, 0.717) is 18.1 Å². The Morgan fingerprint density at radius 3 is 2.38 bits per heavy atom. The molecule has 0 spiro atoms. The highest BCUT2D eigenvalue weighted by atomic mass is 79.9. The lowest BCUT2D eigenvalue weighted by Crippen LogP contribution is -2.19. The lowest BCUT2D eigenvalue weighted by atomic mass is 9.84. The summed E-state index contributed by atoms with van der Waals surface area (Å²) >= 11 is 3.40. The van der Waals surface area contributed by atoms with Crippen LogP contribution in [0.5, 0.6) is 0 Å². The van der Waals surface area contributed by atoms with Crippen LogP contribution in [0, 0.1) is 5.92 Å². The quantitative estimate of drug-likeness (QED) is 0.813. The van der Waals surface area contributed by atoms with Crippen LogP contribution in [0.4, 0.5) is 0 Å². The van der Waals surface area contributed by atoms with Gasteiger partial charge < -0.3 is 0 Å². The molecule has 0 bridgehead atoms. The van der Waals surface area contributed by atoms with Crippen molar-refractivity contribution in [2.24, 2.45) is 5.92 Å². The van der Waals surface area contributed by atoms with E-state index in [1.165, 1.54) is 19.3 Å². The molecule has 1 saturated carbocycles. The SMILES string of the molecule is O=C(Cc1ccc(Br)cc1)C1CCCCC1. The van der Waals surface area contributed by atoms with Crippen molar-refractivity contribution < 1.29 is 4.79 Å². The fourth-order valence-corrected chi connectivity index (χ4v) is 2.64. The van der Waals surface area contributed by atoms with Gasteiger partial charge in [-0.25, -0.2) is 0 Å². The summed E-state index contributed by atoms with van der Waals surface area (Å²) in [6.07, 6.45) is 6.60. The number of hydrogen-bond donors (Lipinski definition) is 0. The van der Waals surface area contributed by atoms with E-state index in [-0.39, 0.29) is 0 Å².